The lowest BCUT2D eigenvalue weighted by Crippen LogP contribution is -2.41. The van der Waals surface area contributed by atoms with Gasteiger partial charge in [0.15, 0.2) is 10.0 Å². The van der Waals surface area contributed by atoms with E-state index >= 15 is 0 Å². The van der Waals surface area contributed by atoms with E-state index in [2.05, 4.69) is 40.6 Å². The molecule has 1 aromatic heterocycles. The van der Waals surface area contributed by atoms with Gasteiger partial charge in [0.2, 0.25) is 5.91 Å². The SMILES string of the molecule is O=C(O)c1csc(SCCN2C(=O)CC[C@@H]2CNCc2ccc3ccccc3c2)n1. The van der Waals surface area contributed by atoms with Gasteiger partial charge in [-0.1, -0.05) is 48.2 Å². The summed E-state index contributed by atoms with van der Waals surface area (Å²) < 4.78 is 0.727. The van der Waals surface area contributed by atoms with Crippen LogP contribution in [-0.4, -0.2) is 51.8 Å². The van der Waals surface area contributed by atoms with Crippen molar-refractivity contribution in [2.75, 3.05) is 18.8 Å². The summed E-state index contributed by atoms with van der Waals surface area (Å²) in [6, 6.07) is 15.0. The number of likely N-dealkylation sites (tertiary alicyclic amines) is 1. The van der Waals surface area contributed by atoms with Gasteiger partial charge in [0, 0.05) is 43.2 Å². The minimum Gasteiger partial charge on any atom is -0.476 e. The Labute approximate surface area is 183 Å². The minimum atomic E-state index is -1.01. The van der Waals surface area contributed by atoms with E-state index < -0.39 is 5.97 Å². The third-order valence-corrected chi connectivity index (χ3v) is 7.24. The number of thioether (sulfide) groups is 1. The maximum absolute atomic E-state index is 12.3. The van der Waals surface area contributed by atoms with Crippen LogP contribution in [0.2, 0.25) is 0 Å². The van der Waals surface area contributed by atoms with E-state index in [0.717, 1.165) is 23.8 Å². The molecule has 2 heterocycles. The van der Waals surface area contributed by atoms with Crippen LogP contribution in [0.25, 0.3) is 10.8 Å². The molecule has 1 saturated heterocycles. The van der Waals surface area contributed by atoms with Crippen molar-refractivity contribution in [1.29, 1.82) is 0 Å². The molecular formula is C22H23N3O3S2. The van der Waals surface area contributed by atoms with Crippen LogP contribution in [0.15, 0.2) is 52.2 Å². The molecule has 0 radical (unpaired) electrons. The van der Waals surface area contributed by atoms with Crippen LogP contribution in [0, 0.1) is 0 Å². The Morgan fingerprint density at radius 1 is 1.27 bits per heavy atom. The fourth-order valence-electron chi connectivity index (χ4n) is 3.70. The molecule has 2 N–H and O–H groups in total. The first kappa shape index (κ1) is 20.8. The molecule has 1 aliphatic rings. The molecule has 0 saturated carbocycles. The maximum atomic E-state index is 12.3. The highest BCUT2D eigenvalue weighted by Gasteiger charge is 2.30. The van der Waals surface area contributed by atoms with Crippen molar-refractivity contribution in [3.05, 3.63) is 59.1 Å². The average molecular weight is 442 g/mol. The van der Waals surface area contributed by atoms with E-state index in [1.807, 2.05) is 17.0 Å². The number of hydrogen-bond acceptors (Lipinski definition) is 6. The fraction of sp³-hybridized carbons (Fsp3) is 0.318. The molecule has 2 aromatic carbocycles. The summed E-state index contributed by atoms with van der Waals surface area (Å²) in [7, 11) is 0. The Morgan fingerprint density at radius 3 is 2.90 bits per heavy atom. The van der Waals surface area contributed by atoms with Crippen molar-refractivity contribution in [3.8, 4) is 0 Å². The first-order valence-corrected chi connectivity index (χ1v) is 11.8. The Hall–Kier alpha value is -2.42. The number of carbonyl (C=O) groups is 2. The molecule has 0 aliphatic carbocycles. The standard InChI is InChI=1S/C22H23N3O3S2/c26-20-8-7-18(25(20)9-10-29-22-24-19(14-30-22)21(27)28)13-23-12-15-5-6-16-3-1-2-4-17(16)11-15/h1-6,11,14,18,23H,7-10,12-13H2,(H,27,28)/t18-/m1/s1. The predicted molar refractivity (Wildman–Crippen MR) is 120 cm³/mol. The average Bonchev–Trinajstić information content (AvgIpc) is 3.36. The molecule has 1 atom stereocenters. The molecule has 0 bridgehead atoms. The van der Waals surface area contributed by atoms with Crippen LogP contribution in [0.3, 0.4) is 0 Å². The van der Waals surface area contributed by atoms with Crippen molar-refractivity contribution in [2.45, 2.75) is 29.8 Å². The summed E-state index contributed by atoms with van der Waals surface area (Å²) in [5.41, 5.74) is 1.31. The third-order valence-electron chi connectivity index (χ3n) is 5.24. The van der Waals surface area contributed by atoms with Crippen molar-refractivity contribution in [3.63, 3.8) is 0 Å². The number of aromatic nitrogens is 1. The van der Waals surface area contributed by atoms with Crippen LogP contribution in [-0.2, 0) is 11.3 Å². The van der Waals surface area contributed by atoms with Crippen LogP contribution < -0.4 is 5.32 Å². The lowest BCUT2D eigenvalue weighted by atomic mass is 10.1. The quantitative estimate of drug-likeness (QED) is 0.491. The van der Waals surface area contributed by atoms with Crippen LogP contribution in [0.5, 0.6) is 0 Å². The van der Waals surface area contributed by atoms with Gasteiger partial charge in [-0.15, -0.1) is 11.3 Å². The number of benzene rings is 2. The minimum absolute atomic E-state index is 0.0792. The number of hydrogen-bond donors (Lipinski definition) is 2. The summed E-state index contributed by atoms with van der Waals surface area (Å²) in [5.74, 6) is -0.108. The third kappa shape index (κ3) is 5.00. The van der Waals surface area contributed by atoms with E-state index in [0.29, 0.717) is 18.7 Å². The lowest BCUT2D eigenvalue weighted by Gasteiger charge is -2.25. The summed E-state index contributed by atoms with van der Waals surface area (Å²) in [5, 5.41) is 16.5. The highest BCUT2D eigenvalue weighted by atomic mass is 32.2. The van der Waals surface area contributed by atoms with E-state index in [1.54, 1.807) is 5.38 Å². The smallest absolute Gasteiger partial charge is 0.355 e. The van der Waals surface area contributed by atoms with Gasteiger partial charge in [-0.3, -0.25) is 4.79 Å². The molecule has 30 heavy (non-hydrogen) atoms. The molecule has 8 heteroatoms. The zero-order valence-electron chi connectivity index (χ0n) is 16.4. The molecule has 3 aromatic rings. The van der Waals surface area contributed by atoms with Crippen LogP contribution in [0.4, 0.5) is 0 Å². The zero-order valence-corrected chi connectivity index (χ0v) is 18.0. The number of thiazole rings is 1. The van der Waals surface area contributed by atoms with Gasteiger partial charge in [-0.05, 0) is 28.8 Å². The second-order valence-electron chi connectivity index (χ2n) is 7.24. The number of nitrogens with one attached hydrogen (secondary N) is 1. The number of carboxylic acid groups (broad SMARTS) is 1. The molecule has 0 unspecified atom stereocenters. The number of carboxylic acids is 1. The molecule has 156 valence electrons. The number of carbonyl (C=O) groups excluding carboxylic acids is 1. The number of amides is 1. The van der Waals surface area contributed by atoms with E-state index in [1.165, 1.54) is 39.4 Å². The Bertz CT molecular complexity index is 1050. The van der Waals surface area contributed by atoms with E-state index in [-0.39, 0.29) is 17.6 Å². The second-order valence-corrected chi connectivity index (χ2v) is 9.44. The van der Waals surface area contributed by atoms with Gasteiger partial charge < -0.3 is 15.3 Å². The molecule has 1 aliphatic heterocycles. The first-order chi connectivity index (χ1) is 14.6. The summed E-state index contributed by atoms with van der Waals surface area (Å²) in [6.45, 7) is 2.19. The Balaban J connectivity index is 1.26. The van der Waals surface area contributed by atoms with Crippen molar-refractivity contribution >= 4 is 45.7 Å². The van der Waals surface area contributed by atoms with Crippen molar-refractivity contribution < 1.29 is 14.7 Å². The number of fused-ring (bicyclic) bond motifs is 1. The van der Waals surface area contributed by atoms with Gasteiger partial charge in [0.05, 0.1) is 0 Å². The largest absolute Gasteiger partial charge is 0.476 e. The highest BCUT2D eigenvalue weighted by molar-refractivity contribution is 8.01. The van der Waals surface area contributed by atoms with Crippen LogP contribution >= 0.6 is 23.1 Å². The van der Waals surface area contributed by atoms with Gasteiger partial charge in [-0.2, -0.15) is 0 Å². The monoisotopic (exact) mass is 441 g/mol. The molecule has 0 spiro atoms. The summed E-state index contributed by atoms with van der Waals surface area (Å²) in [6.07, 6.45) is 1.46. The van der Waals surface area contributed by atoms with Crippen LogP contribution in [0.1, 0.15) is 28.9 Å². The molecule has 4 rings (SSSR count). The van der Waals surface area contributed by atoms with E-state index in [9.17, 15) is 9.59 Å². The predicted octanol–water partition coefficient (Wildman–Crippen LogP) is 3.87. The van der Waals surface area contributed by atoms with Gasteiger partial charge in [0.1, 0.15) is 0 Å². The topological polar surface area (TPSA) is 82.5 Å². The molecule has 1 fully saturated rings. The molecule has 6 nitrogen and oxygen atoms in total. The Kier molecular flexibility index (Phi) is 6.66. The first-order valence-electron chi connectivity index (χ1n) is 9.89. The second kappa shape index (κ2) is 9.59. The summed E-state index contributed by atoms with van der Waals surface area (Å²) in [4.78, 5) is 29.3. The maximum Gasteiger partial charge on any atom is 0.355 e. The zero-order chi connectivity index (χ0) is 20.9. The number of rotatable bonds is 9. The van der Waals surface area contributed by atoms with Gasteiger partial charge in [0.25, 0.3) is 0 Å². The van der Waals surface area contributed by atoms with E-state index in [4.69, 9.17) is 5.11 Å². The number of nitrogens with zero attached hydrogens (tertiary/aromatic N) is 2. The highest BCUT2D eigenvalue weighted by Crippen LogP contribution is 2.25. The molecular weight excluding hydrogens is 418 g/mol. The summed E-state index contributed by atoms with van der Waals surface area (Å²) >= 11 is 2.83. The number of aromatic carboxylic acids is 1. The lowest BCUT2D eigenvalue weighted by molar-refractivity contribution is -0.128. The fourth-order valence-corrected chi connectivity index (χ4v) is 5.51. The van der Waals surface area contributed by atoms with Crippen molar-refractivity contribution in [1.82, 2.24) is 15.2 Å². The van der Waals surface area contributed by atoms with Gasteiger partial charge >= 0.3 is 5.97 Å². The van der Waals surface area contributed by atoms with Crippen molar-refractivity contribution in [2.24, 2.45) is 0 Å². The Morgan fingerprint density at radius 2 is 2.10 bits per heavy atom. The normalized spacial score (nSPS) is 16.5. The molecule has 1 amide bonds. The van der Waals surface area contributed by atoms with Gasteiger partial charge in [-0.25, -0.2) is 9.78 Å².